The summed E-state index contributed by atoms with van der Waals surface area (Å²) in [7, 11) is 0. The van der Waals surface area contributed by atoms with E-state index in [2.05, 4.69) is 21.3 Å². The first-order valence-corrected chi connectivity index (χ1v) is 9.26. The van der Waals surface area contributed by atoms with Gasteiger partial charge in [0.05, 0.1) is 12.8 Å². The summed E-state index contributed by atoms with van der Waals surface area (Å²) >= 11 is 0. The fourth-order valence-electron chi connectivity index (χ4n) is 3.21. The van der Waals surface area contributed by atoms with Crippen LogP contribution in [0.5, 0.6) is 0 Å². The summed E-state index contributed by atoms with van der Waals surface area (Å²) in [5.74, 6) is 0.0853. The fraction of sp³-hybridized carbons (Fsp3) is 0.250. The summed E-state index contributed by atoms with van der Waals surface area (Å²) in [6.45, 7) is 0.493. The van der Waals surface area contributed by atoms with E-state index in [0.717, 1.165) is 5.56 Å². The molecule has 1 aliphatic heterocycles. The summed E-state index contributed by atoms with van der Waals surface area (Å²) in [5.41, 5.74) is 7.20. The number of carbonyl (C=O) groups is 1. The SMILES string of the molecule is O=C(NCCn1nc(-c2ccco2)ccc1=O)C1CC(c2ccc(F)cc2)NN1. The molecule has 0 radical (unpaired) electrons. The van der Waals surface area contributed by atoms with Gasteiger partial charge in [-0.25, -0.2) is 19.9 Å². The van der Waals surface area contributed by atoms with Gasteiger partial charge in [-0.15, -0.1) is 0 Å². The third kappa shape index (κ3) is 4.41. The van der Waals surface area contributed by atoms with E-state index in [1.807, 2.05) is 0 Å². The van der Waals surface area contributed by atoms with Crippen LogP contribution in [0.3, 0.4) is 0 Å². The van der Waals surface area contributed by atoms with Gasteiger partial charge in [-0.3, -0.25) is 9.59 Å². The van der Waals surface area contributed by atoms with Gasteiger partial charge in [-0.2, -0.15) is 5.10 Å². The molecule has 2 aromatic heterocycles. The Bertz CT molecular complexity index is 1030. The molecule has 0 bridgehead atoms. The summed E-state index contributed by atoms with van der Waals surface area (Å²) in [6.07, 6.45) is 2.07. The number of amides is 1. The highest BCUT2D eigenvalue weighted by Crippen LogP contribution is 2.22. The molecular weight excluding hydrogens is 377 g/mol. The third-order valence-corrected chi connectivity index (χ3v) is 4.76. The van der Waals surface area contributed by atoms with Crippen LogP contribution in [-0.2, 0) is 11.3 Å². The highest BCUT2D eigenvalue weighted by molar-refractivity contribution is 5.82. The van der Waals surface area contributed by atoms with Gasteiger partial charge < -0.3 is 9.73 Å². The molecule has 0 saturated carbocycles. The van der Waals surface area contributed by atoms with Gasteiger partial charge in [0.25, 0.3) is 5.56 Å². The van der Waals surface area contributed by atoms with Crippen LogP contribution in [0.1, 0.15) is 18.0 Å². The molecule has 1 aliphatic rings. The van der Waals surface area contributed by atoms with Crippen molar-refractivity contribution in [2.24, 2.45) is 0 Å². The van der Waals surface area contributed by atoms with Crippen molar-refractivity contribution in [2.75, 3.05) is 6.54 Å². The molecule has 0 spiro atoms. The zero-order valence-corrected chi connectivity index (χ0v) is 15.5. The van der Waals surface area contributed by atoms with Crippen molar-refractivity contribution in [3.63, 3.8) is 0 Å². The molecule has 3 aromatic rings. The first-order chi connectivity index (χ1) is 14.1. The van der Waals surface area contributed by atoms with E-state index in [0.29, 0.717) is 17.9 Å². The lowest BCUT2D eigenvalue weighted by Gasteiger charge is -2.11. The Morgan fingerprint density at radius 1 is 1.21 bits per heavy atom. The molecule has 1 fully saturated rings. The molecule has 29 heavy (non-hydrogen) atoms. The predicted molar refractivity (Wildman–Crippen MR) is 103 cm³/mol. The molecule has 0 aliphatic carbocycles. The Labute approximate surface area is 165 Å². The van der Waals surface area contributed by atoms with E-state index in [-0.39, 0.29) is 36.4 Å². The lowest BCUT2D eigenvalue weighted by atomic mass is 10.0. The third-order valence-electron chi connectivity index (χ3n) is 4.76. The standard InChI is InChI=1S/C20H20FN5O3/c21-14-5-3-13(4-6-14)16-12-17(24-23-16)20(28)22-9-10-26-19(27)8-7-15(25-26)18-2-1-11-29-18/h1-8,11,16-17,23-24H,9-10,12H2,(H,22,28). The highest BCUT2D eigenvalue weighted by atomic mass is 19.1. The maximum absolute atomic E-state index is 13.1. The average molecular weight is 397 g/mol. The molecule has 4 rings (SSSR count). The number of halogens is 1. The van der Waals surface area contributed by atoms with Gasteiger partial charge >= 0.3 is 0 Å². The summed E-state index contributed by atoms with van der Waals surface area (Å²) < 4.78 is 19.6. The van der Waals surface area contributed by atoms with Crippen LogP contribution in [0.2, 0.25) is 0 Å². The number of nitrogens with one attached hydrogen (secondary N) is 3. The highest BCUT2D eigenvalue weighted by Gasteiger charge is 2.29. The van der Waals surface area contributed by atoms with Crippen molar-refractivity contribution in [1.82, 2.24) is 25.9 Å². The number of carbonyl (C=O) groups excluding carboxylic acids is 1. The number of benzene rings is 1. The number of nitrogens with zero attached hydrogens (tertiary/aromatic N) is 2. The number of hydrogen-bond donors (Lipinski definition) is 3. The molecule has 2 unspecified atom stereocenters. The van der Waals surface area contributed by atoms with Gasteiger partial charge in [0.2, 0.25) is 5.91 Å². The van der Waals surface area contributed by atoms with Crippen LogP contribution in [0.15, 0.2) is 64.0 Å². The Morgan fingerprint density at radius 3 is 2.79 bits per heavy atom. The lowest BCUT2D eigenvalue weighted by molar-refractivity contribution is -0.122. The molecule has 2 atom stereocenters. The van der Waals surface area contributed by atoms with Gasteiger partial charge in [-0.05, 0) is 42.3 Å². The molecule has 9 heteroatoms. The van der Waals surface area contributed by atoms with E-state index in [4.69, 9.17) is 4.42 Å². The van der Waals surface area contributed by atoms with Crippen molar-refractivity contribution >= 4 is 5.91 Å². The van der Waals surface area contributed by atoms with Crippen LogP contribution in [0.4, 0.5) is 4.39 Å². The average Bonchev–Trinajstić information content (AvgIpc) is 3.42. The number of aromatic nitrogens is 2. The molecule has 8 nitrogen and oxygen atoms in total. The second kappa shape index (κ2) is 8.38. The van der Waals surface area contributed by atoms with Crippen molar-refractivity contribution in [1.29, 1.82) is 0 Å². The maximum atomic E-state index is 13.1. The Morgan fingerprint density at radius 2 is 2.03 bits per heavy atom. The molecule has 1 saturated heterocycles. The minimum Gasteiger partial charge on any atom is -0.463 e. The smallest absolute Gasteiger partial charge is 0.266 e. The van der Waals surface area contributed by atoms with Crippen molar-refractivity contribution in [3.05, 3.63) is 76.5 Å². The quantitative estimate of drug-likeness (QED) is 0.581. The molecule has 1 amide bonds. The first kappa shape index (κ1) is 19.0. The first-order valence-electron chi connectivity index (χ1n) is 9.26. The molecule has 3 N–H and O–H groups in total. The molecule has 150 valence electrons. The summed E-state index contributed by atoms with van der Waals surface area (Å²) in [5, 5.41) is 7.08. The number of hydrogen-bond acceptors (Lipinski definition) is 6. The number of rotatable bonds is 6. The predicted octanol–water partition coefficient (Wildman–Crippen LogP) is 1.37. The monoisotopic (exact) mass is 397 g/mol. The van der Waals surface area contributed by atoms with E-state index >= 15 is 0 Å². The van der Waals surface area contributed by atoms with Crippen molar-refractivity contribution in [2.45, 2.75) is 25.0 Å². The van der Waals surface area contributed by atoms with E-state index in [9.17, 15) is 14.0 Å². The van der Waals surface area contributed by atoms with Crippen LogP contribution in [0, 0.1) is 5.82 Å². The molecule has 3 heterocycles. The van der Waals surface area contributed by atoms with Crippen LogP contribution in [-0.4, -0.2) is 28.3 Å². The number of hydrazine groups is 1. The summed E-state index contributed by atoms with van der Waals surface area (Å²) in [4.78, 5) is 24.4. The molecule has 1 aromatic carbocycles. The Hall–Kier alpha value is -3.30. The van der Waals surface area contributed by atoms with E-state index in [1.54, 1.807) is 30.3 Å². The molecular formula is C20H20FN5O3. The fourth-order valence-corrected chi connectivity index (χ4v) is 3.21. The van der Waals surface area contributed by atoms with Crippen LogP contribution >= 0.6 is 0 Å². The second-order valence-electron chi connectivity index (χ2n) is 6.73. The Balaban J connectivity index is 1.31. The summed E-state index contributed by atoms with van der Waals surface area (Å²) in [6, 6.07) is 12.2. The zero-order valence-electron chi connectivity index (χ0n) is 15.5. The van der Waals surface area contributed by atoms with Crippen molar-refractivity contribution in [3.8, 4) is 11.5 Å². The topological polar surface area (TPSA) is 101 Å². The van der Waals surface area contributed by atoms with Crippen LogP contribution in [0.25, 0.3) is 11.5 Å². The maximum Gasteiger partial charge on any atom is 0.266 e. The van der Waals surface area contributed by atoms with E-state index in [1.165, 1.54) is 29.1 Å². The number of furan rings is 1. The van der Waals surface area contributed by atoms with Gasteiger partial charge in [-0.1, -0.05) is 12.1 Å². The van der Waals surface area contributed by atoms with Gasteiger partial charge in [0, 0.05) is 18.7 Å². The largest absolute Gasteiger partial charge is 0.463 e. The van der Waals surface area contributed by atoms with Crippen molar-refractivity contribution < 1.29 is 13.6 Å². The second-order valence-corrected chi connectivity index (χ2v) is 6.73. The van der Waals surface area contributed by atoms with Crippen LogP contribution < -0.4 is 21.7 Å². The minimum absolute atomic E-state index is 0.0828. The van der Waals surface area contributed by atoms with Gasteiger partial charge in [0.1, 0.15) is 17.6 Å². The minimum atomic E-state index is -0.427. The normalized spacial score (nSPS) is 18.7. The zero-order chi connectivity index (χ0) is 20.2. The van der Waals surface area contributed by atoms with E-state index < -0.39 is 6.04 Å². The Kier molecular flexibility index (Phi) is 5.50. The lowest BCUT2D eigenvalue weighted by Crippen LogP contribution is -2.44. The van der Waals surface area contributed by atoms with Gasteiger partial charge in [0.15, 0.2) is 5.76 Å².